The quantitative estimate of drug-likeness (QED) is 0.210. The maximum Gasteiger partial charge on any atom is 0.337 e. The van der Waals surface area contributed by atoms with E-state index in [0.717, 1.165) is 16.9 Å². The minimum atomic E-state index is -0.401. The Morgan fingerprint density at radius 3 is 2.55 bits per heavy atom. The van der Waals surface area contributed by atoms with E-state index in [1.165, 1.54) is 7.11 Å². The van der Waals surface area contributed by atoms with Crippen LogP contribution in [-0.2, 0) is 9.53 Å². The molecule has 1 saturated heterocycles. The lowest BCUT2D eigenvalue weighted by molar-refractivity contribution is -0.115. The predicted octanol–water partition coefficient (Wildman–Crippen LogP) is 5.66. The lowest BCUT2D eigenvalue weighted by Gasteiger charge is -2.27. The van der Waals surface area contributed by atoms with Gasteiger partial charge in [-0.05, 0) is 60.7 Å². The van der Waals surface area contributed by atoms with Crippen LogP contribution < -0.4 is 20.3 Å². The number of furan rings is 1. The highest BCUT2D eigenvalue weighted by molar-refractivity contribution is 7.80. The van der Waals surface area contributed by atoms with E-state index in [1.807, 2.05) is 59.5 Å². The lowest BCUT2D eigenvalue weighted by Crippen LogP contribution is -2.29. The minimum absolute atomic E-state index is 0.111. The molecular formula is C30H28N4O5S. The normalized spacial score (nSPS) is 16.4. The standard InChI is InChI=1S/C30H28N4O5S/c1-4-26(35)32-21-13-12-20(17-25(21)37-2)34-28(27(33-30(34)40)22-7-5-6-16-31-22)24-15-14-23(39-24)18-8-10-19(11-9-18)29(36)38-3/h5-17,27-28H,4H2,1-3H3,(H,32,35)(H,33,40)/t27-,28+/m0/s1. The number of ether oxygens (including phenoxy) is 2. The van der Waals surface area contributed by atoms with E-state index >= 15 is 0 Å². The summed E-state index contributed by atoms with van der Waals surface area (Å²) in [5, 5.41) is 6.77. The minimum Gasteiger partial charge on any atom is -0.494 e. The monoisotopic (exact) mass is 556 g/mol. The second-order valence-corrected chi connectivity index (χ2v) is 9.44. The molecule has 3 heterocycles. The van der Waals surface area contributed by atoms with Gasteiger partial charge in [0.2, 0.25) is 5.91 Å². The van der Waals surface area contributed by atoms with Gasteiger partial charge in [-0.2, -0.15) is 0 Å². The summed E-state index contributed by atoms with van der Waals surface area (Å²) in [5.41, 5.74) is 3.40. The van der Waals surface area contributed by atoms with Crippen molar-refractivity contribution >= 4 is 40.6 Å². The van der Waals surface area contributed by atoms with Crippen LogP contribution in [0.2, 0.25) is 0 Å². The zero-order chi connectivity index (χ0) is 28.2. The van der Waals surface area contributed by atoms with E-state index in [1.54, 1.807) is 38.4 Å². The van der Waals surface area contributed by atoms with E-state index in [0.29, 0.717) is 40.1 Å². The molecule has 4 aromatic rings. The number of pyridine rings is 1. The Morgan fingerprint density at radius 2 is 1.88 bits per heavy atom. The zero-order valence-corrected chi connectivity index (χ0v) is 23.0. The van der Waals surface area contributed by atoms with Crippen LogP contribution in [0.1, 0.15) is 47.2 Å². The van der Waals surface area contributed by atoms with Crippen molar-refractivity contribution < 1.29 is 23.5 Å². The molecule has 2 N–H and O–H groups in total. The molecule has 1 amide bonds. The number of hydrogen-bond acceptors (Lipinski definition) is 7. The van der Waals surface area contributed by atoms with Gasteiger partial charge in [0.1, 0.15) is 23.3 Å². The van der Waals surface area contributed by atoms with Crippen molar-refractivity contribution in [2.24, 2.45) is 0 Å². The third kappa shape index (κ3) is 5.26. The molecule has 2 atom stereocenters. The number of aromatic nitrogens is 1. The number of amides is 1. The highest BCUT2D eigenvalue weighted by Gasteiger charge is 2.42. The molecule has 1 aliphatic heterocycles. The Morgan fingerprint density at radius 1 is 1.07 bits per heavy atom. The first kappa shape index (κ1) is 26.9. The van der Waals surface area contributed by atoms with Crippen molar-refractivity contribution in [3.63, 3.8) is 0 Å². The number of thiocarbonyl (C=S) groups is 1. The third-order valence-electron chi connectivity index (χ3n) is 6.67. The zero-order valence-electron chi connectivity index (χ0n) is 22.2. The molecule has 0 saturated carbocycles. The largest absolute Gasteiger partial charge is 0.494 e. The van der Waals surface area contributed by atoms with Gasteiger partial charge in [0.05, 0.1) is 37.2 Å². The lowest BCUT2D eigenvalue weighted by atomic mass is 10.0. The van der Waals surface area contributed by atoms with E-state index in [4.69, 9.17) is 26.1 Å². The van der Waals surface area contributed by atoms with Gasteiger partial charge >= 0.3 is 5.97 Å². The highest BCUT2D eigenvalue weighted by atomic mass is 32.1. The predicted molar refractivity (Wildman–Crippen MR) is 155 cm³/mol. The topological polar surface area (TPSA) is 106 Å². The first-order chi connectivity index (χ1) is 19.4. The third-order valence-corrected chi connectivity index (χ3v) is 6.98. The number of hydrogen-bond donors (Lipinski definition) is 2. The van der Waals surface area contributed by atoms with Gasteiger partial charge in [0.15, 0.2) is 5.11 Å². The number of anilines is 2. The summed E-state index contributed by atoms with van der Waals surface area (Å²) in [6.07, 6.45) is 2.09. The first-order valence-electron chi connectivity index (χ1n) is 12.7. The molecule has 5 rings (SSSR count). The van der Waals surface area contributed by atoms with E-state index < -0.39 is 5.97 Å². The summed E-state index contributed by atoms with van der Waals surface area (Å²) >= 11 is 5.82. The van der Waals surface area contributed by atoms with Crippen LogP contribution in [0.5, 0.6) is 5.75 Å². The van der Waals surface area contributed by atoms with E-state index in [-0.39, 0.29) is 18.0 Å². The molecule has 204 valence electrons. The van der Waals surface area contributed by atoms with Gasteiger partial charge in [-0.25, -0.2) is 4.79 Å². The average Bonchev–Trinajstić information content (AvgIpc) is 3.62. The molecule has 1 aliphatic rings. The smallest absolute Gasteiger partial charge is 0.337 e. The molecule has 10 heteroatoms. The van der Waals surface area contributed by atoms with Gasteiger partial charge in [0.25, 0.3) is 0 Å². The summed E-state index contributed by atoms with van der Waals surface area (Å²) < 4.78 is 16.8. The van der Waals surface area contributed by atoms with Crippen molar-refractivity contribution in [2.45, 2.75) is 25.4 Å². The fourth-order valence-electron chi connectivity index (χ4n) is 4.65. The average molecular weight is 557 g/mol. The molecule has 1 fully saturated rings. The fourth-order valence-corrected chi connectivity index (χ4v) is 4.99. The van der Waals surface area contributed by atoms with Gasteiger partial charge in [-0.3, -0.25) is 9.78 Å². The molecular weight excluding hydrogens is 528 g/mol. The summed E-state index contributed by atoms with van der Waals surface area (Å²) in [6.45, 7) is 1.79. The van der Waals surface area contributed by atoms with Crippen LogP contribution in [0.25, 0.3) is 11.3 Å². The van der Waals surface area contributed by atoms with Crippen molar-refractivity contribution in [2.75, 3.05) is 24.4 Å². The summed E-state index contributed by atoms with van der Waals surface area (Å²) in [5.74, 6) is 1.30. The molecule has 0 radical (unpaired) electrons. The SMILES string of the molecule is CCC(=O)Nc1ccc(N2C(=S)N[C@@H](c3ccccn3)[C@H]2c2ccc(-c3ccc(C(=O)OC)cc3)o2)cc1OC. The van der Waals surface area contributed by atoms with Crippen LogP contribution in [-0.4, -0.2) is 36.2 Å². The summed E-state index contributed by atoms with van der Waals surface area (Å²) in [6, 6.07) is 21.4. The van der Waals surface area contributed by atoms with E-state index in [9.17, 15) is 9.59 Å². The first-order valence-corrected chi connectivity index (χ1v) is 13.1. The van der Waals surface area contributed by atoms with Crippen molar-refractivity contribution in [1.29, 1.82) is 0 Å². The number of rotatable bonds is 8. The number of nitrogens with zero attached hydrogens (tertiary/aromatic N) is 2. The maximum absolute atomic E-state index is 12.0. The number of benzene rings is 2. The van der Waals surface area contributed by atoms with Crippen LogP contribution in [0.15, 0.2) is 83.4 Å². The van der Waals surface area contributed by atoms with Gasteiger partial charge < -0.3 is 29.4 Å². The van der Waals surface area contributed by atoms with E-state index in [2.05, 4.69) is 15.6 Å². The summed E-state index contributed by atoms with van der Waals surface area (Å²) in [7, 11) is 2.91. The number of nitrogens with one attached hydrogen (secondary N) is 2. The van der Waals surface area contributed by atoms with Crippen LogP contribution in [0.3, 0.4) is 0 Å². The second kappa shape index (κ2) is 11.6. The Hall–Kier alpha value is -4.70. The molecule has 40 heavy (non-hydrogen) atoms. The number of methoxy groups -OCH3 is 2. The fraction of sp³-hybridized carbons (Fsp3) is 0.200. The molecule has 2 aromatic heterocycles. The van der Waals surface area contributed by atoms with Crippen LogP contribution in [0, 0.1) is 0 Å². The number of carbonyl (C=O) groups excluding carboxylic acids is 2. The van der Waals surface area contributed by atoms with Crippen molar-refractivity contribution in [3.8, 4) is 17.1 Å². The van der Waals surface area contributed by atoms with Crippen LogP contribution in [0.4, 0.5) is 11.4 Å². The van der Waals surface area contributed by atoms with Gasteiger partial charge in [-0.15, -0.1) is 0 Å². The molecule has 9 nitrogen and oxygen atoms in total. The second-order valence-electron chi connectivity index (χ2n) is 9.05. The number of carbonyl (C=O) groups is 2. The van der Waals surface area contributed by atoms with Gasteiger partial charge in [-0.1, -0.05) is 25.1 Å². The molecule has 0 unspecified atom stereocenters. The molecule has 0 spiro atoms. The highest BCUT2D eigenvalue weighted by Crippen LogP contribution is 2.44. The van der Waals surface area contributed by atoms with Crippen molar-refractivity contribution in [3.05, 3.63) is 96.0 Å². The Labute approximate surface area is 237 Å². The molecule has 2 aromatic carbocycles. The Kier molecular flexibility index (Phi) is 7.79. The number of esters is 1. The van der Waals surface area contributed by atoms with Crippen LogP contribution >= 0.6 is 12.2 Å². The maximum atomic E-state index is 12.0. The Balaban J connectivity index is 1.54. The molecule has 0 aliphatic carbocycles. The van der Waals surface area contributed by atoms with Crippen molar-refractivity contribution in [1.82, 2.24) is 10.3 Å². The Bertz CT molecular complexity index is 1540. The summed E-state index contributed by atoms with van der Waals surface area (Å²) in [4.78, 5) is 30.4. The van der Waals surface area contributed by atoms with Gasteiger partial charge in [0, 0.05) is 29.9 Å². The molecule has 0 bridgehead atoms.